The molecule has 1 N–H and O–H groups in total. The van der Waals surface area contributed by atoms with E-state index < -0.39 is 11.7 Å². The van der Waals surface area contributed by atoms with Gasteiger partial charge in [0.15, 0.2) is 0 Å². The number of H-pyrrole nitrogens is 1. The Morgan fingerprint density at radius 2 is 1.97 bits per heavy atom. The highest BCUT2D eigenvalue weighted by Crippen LogP contribution is 2.34. The van der Waals surface area contributed by atoms with E-state index in [-0.39, 0.29) is 5.91 Å². The number of hydrogen-bond donors (Lipinski definition) is 1. The second kappa shape index (κ2) is 8.22. The summed E-state index contributed by atoms with van der Waals surface area (Å²) in [5.74, 6) is 1.03. The first-order valence-electron chi connectivity index (χ1n) is 9.61. The van der Waals surface area contributed by atoms with E-state index in [1.165, 1.54) is 12.1 Å². The minimum Gasteiger partial charge on any atom is -0.457 e. The number of hydrogen-bond acceptors (Lipinski definition) is 3. The van der Waals surface area contributed by atoms with Crippen LogP contribution in [-0.2, 0) is 30.4 Å². The zero-order chi connectivity index (χ0) is 21.1. The van der Waals surface area contributed by atoms with Crippen molar-refractivity contribution in [2.24, 2.45) is 0 Å². The maximum absolute atomic E-state index is 12.7. The van der Waals surface area contributed by atoms with Crippen LogP contribution in [-0.4, -0.2) is 27.5 Å². The normalized spacial score (nSPS) is 13.8. The van der Waals surface area contributed by atoms with Crippen molar-refractivity contribution in [1.29, 1.82) is 0 Å². The third-order valence-electron chi connectivity index (χ3n) is 5.17. The number of carbonyl (C=O) groups excluding carboxylic acids is 1. The van der Waals surface area contributed by atoms with Crippen molar-refractivity contribution in [2.75, 3.05) is 6.54 Å². The Morgan fingerprint density at radius 1 is 1.17 bits per heavy atom. The number of halogens is 3. The van der Waals surface area contributed by atoms with Gasteiger partial charge in [0.1, 0.15) is 11.5 Å². The Hall–Kier alpha value is -3.29. The van der Waals surface area contributed by atoms with Gasteiger partial charge >= 0.3 is 6.18 Å². The summed E-state index contributed by atoms with van der Waals surface area (Å²) in [6.07, 6.45) is 0.793. The van der Waals surface area contributed by atoms with E-state index in [9.17, 15) is 18.0 Å². The van der Waals surface area contributed by atoms with Gasteiger partial charge < -0.3 is 9.64 Å². The van der Waals surface area contributed by atoms with Crippen LogP contribution >= 0.6 is 0 Å². The molecule has 156 valence electrons. The molecule has 0 bridgehead atoms. The zero-order valence-corrected chi connectivity index (χ0v) is 16.1. The maximum atomic E-state index is 12.7. The van der Waals surface area contributed by atoms with Gasteiger partial charge in [-0.25, -0.2) is 0 Å². The molecule has 4 rings (SSSR count). The second-order valence-electron chi connectivity index (χ2n) is 7.19. The summed E-state index contributed by atoms with van der Waals surface area (Å²) in [6, 6.07) is 10.2. The molecule has 0 saturated heterocycles. The van der Waals surface area contributed by atoms with E-state index in [0.29, 0.717) is 43.9 Å². The van der Waals surface area contributed by atoms with Crippen molar-refractivity contribution >= 4 is 5.91 Å². The number of benzene rings is 2. The summed E-state index contributed by atoms with van der Waals surface area (Å²) in [5, 5.41) is 6.62. The van der Waals surface area contributed by atoms with Gasteiger partial charge in [-0.15, -0.1) is 0 Å². The molecule has 0 atom stereocenters. The maximum Gasteiger partial charge on any atom is 0.416 e. The Kier molecular flexibility index (Phi) is 5.48. The Balaban J connectivity index is 1.43. The molecule has 1 aromatic heterocycles. The second-order valence-corrected chi connectivity index (χ2v) is 7.19. The molecule has 0 fully saturated rings. The first-order valence-corrected chi connectivity index (χ1v) is 9.61. The molecule has 5 nitrogen and oxygen atoms in total. The van der Waals surface area contributed by atoms with Gasteiger partial charge in [0, 0.05) is 31.3 Å². The number of alkyl halides is 3. The number of aromatic nitrogens is 2. The number of amides is 1. The highest BCUT2D eigenvalue weighted by atomic mass is 19.4. The molecule has 2 aromatic carbocycles. The van der Waals surface area contributed by atoms with Crippen molar-refractivity contribution in [1.82, 2.24) is 15.1 Å². The molecule has 1 aliphatic heterocycles. The minimum atomic E-state index is -4.38. The molecule has 0 saturated carbocycles. The zero-order valence-electron chi connectivity index (χ0n) is 16.1. The Labute approximate surface area is 171 Å². The molecule has 8 heteroatoms. The smallest absolute Gasteiger partial charge is 0.416 e. The SMILES string of the molecule is O=C(CCc1cn[nH]c1)N1CCc2c(cccc2Oc2ccc(C(F)(F)F)cc2)C1. The van der Waals surface area contributed by atoms with Gasteiger partial charge in [-0.05, 0) is 54.3 Å². The van der Waals surface area contributed by atoms with Crippen LogP contribution in [0.5, 0.6) is 11.5 Å². The van der Waals surface area contributed by atoms with E-state index >= 15 is 0 Å². The minimum absolute atomic E-state index is 0.0795. The third kappa shape index (κ3) is 4.48. The van der Waals surface area contributed by atoms with E-state index in [2.05, 4.69) is 10.2 Å². The van der Waals surface area contributed by atoms with Crippen LogP contribution in [0.15, 0.2) is 54.9 Å². The standard InChI is InChI=1S/C22H20F3N3O2/c23-22(24,25)17-5-7-18(8-6-17)30-20-3-1-2-16-14-28(11-10-19(16)20)21(29)9-4-15-12-26-27-13-15/h1-3,5-8,12-13H,4,9-11,14H2,(H,26,27). The molecule has 0 unspecified atom stereocenters. The molecule has 0 radical (unpaired) electrons. The third-order valence-corrected chi connectivity index (χ3v) is 5.17. The molecule has 0 aliphatic carbocycles. The fourth-order valence-corrected chi connectivity index (χ4v) is 3.55. The number of nitrogens with zero attached hydrogens (tertiary/aromatic N) is 2. The van der Waals surface area contributed by atoms with Crippen molar-refractivity contribution in [2.45, 2.75) is 32.0 Å². The molecule has 0 spiro atoms. The van der Waals surface area contributed by atoms with Gasteiger partial charge in [0.2, 0.25) is 5.91 Å². The van der Waals surface area contributed by atoms with Gasteiger partial charge in [0.25, 0.3) is 0 Å². The van der Waals surface area contributed by atoms with Crippen LogP contribution in [0.1, 0.15) is 28.7 Å². The quantitative estimate of drug-likeness (QED) is 0.655. The molecular formula is C22H20F3N3O2. The lowest BCUT2D eigenvalue weighted by atomic mass is 9.98. The number of ether oxygens (including phenoxy) is 1. The summed E-state index contributed by atoms with van der Waals surface area (Å²) in [6.45, 7) is 1.06. The van der Waals surface area contributed by atoms with Crippen LogP contribution in [0.3, 0.4) is 0 Å². The lowest BCUT2D eigenvalue weighted by Gasteiger charge is -2.30. The molecular weight excluding hydrogens is 395 g/mol. The molecule has 1 aliphatic rings. The number of aromatic amines is 1. The van der Waals surface area contributed by atoms with E-state index in [1.54, 1.807) is 18.5 Å². The molecule has 30 heavy (non-hydrogen) atoms. The highest BCUT2D eigenvalue weighted by Gasteiger charge is 2.30. The number of carbonyl (C=O) groups is 1. The van der Waals surface area contributed by atoms with E-state index in [4.69, 9.17) is 4.74 Å². The molecule has 1 amide bonds. The fourth-order valence-electron chi connectivity index (χ4n) is 3.55. The highest BCUT2D eigenvalue weighted by molar-refractivity contribution is 5.77. The van der Waals surface area contributed by atoms with E-state index in [1.807, 2.05) is 17.0 Å². The number of nitrogens with one attached hydrogen (secondary N) is 1. The Morgan fingerprint density at radius 3 is 2.67 bits per heavy atom. The predicted octanol–water partition coefficient (Wildman–Crippen LogP) is 4.74. The predicted molar refractivity (Wildman–Crippen MR) is 104 cm³/mol. The largest absolute Gasteiger partial charge is 0.457 e. The number of aryl methyl sites for hydroxylation is 1. The van der Waals surface area contributed by atoms with Gasteiger partial charge in [0.05, 0.1) is 11.8 Å². The summed E-state index contributed by atoms with van der Waals surface area (Å²) in [4.78, 5) is 14.4. The van der Waals surface area contributed by atoms with Crippen LogP contribution < -0.4 is 4.74 Å². The Bertz CT molecular complexity index is 1020. The first kappa shape index (κ1) is 20.0. The van der Waals surface area contributed by atoms with E-state index in [0.717, 1.165) is 28.8 Å². The van der Waals surface area contributed by atoms with Crippen LogP contribution in [0.4, 0.5) is 13.2 Å². The van der Waals surface area contributed by atoms with Crippen molar-refractivity contribution in [3.8, 4) is 11.5 Å². The summed E-state index contributed by atoms with van der Waals surface area (Å²) in [7, 11) is 0. The average Bonchev–Trinajstić information content (AvgIpc) is 3.25. The van der Waals surface area contributed by atoms with Crippen molar-refractivity contribution < 1.29 is 22.7 Å². The summed E-state index contributed by atoms with van der Waals surface area (Å²) < 4.78 is 44.0. The summed E-state index contributed by atoms with van der Waals surface area (Å²) in [5.41, 5.74) is 2.25. The fraction of sp³-hybridized carbons (Fsp3) is 0.273. The number of rotatable bonds is 5. The monoisotopic (exact) mass is 415 g/mol. The summed E-state index contributed by atoms with van der Waals surface area (Å²) >= 11 is 0. The van der Waals surface area contributed by atoms with Crippen molar-refractivity contribution in [3.05, 3.63) is 77.1 Å². The lowest BCUT2D eigenvalue weighted by molar-refractivity contribution is -0.137. The number of fused-ring (bicyclic) bond motifs is 1. The van der Waals surface area contributed by atoms with Gasteiger partial charge in [-0.1, -0.05) is 12.1 Å². The van der Waals surface area contributed by atoms with Gasteiger partial charge in [-0.3, -0.25) is 9.89 Å². The first-order chi connectivity index (χ1) is 14.4. The average molecular weight is 415 g/mol. The molecule has 2 heterocycles. The van der Waals surface area contributed by atoms with Gasteiger partial charge in [-0.2, -0.15) is 18.3 Å². The molecule has 3 aromatic rings. The van der Waals surface area contributed by atoms with Crippen molar-refractivity contribution in [3.63, 3.8) is 0 Å². The van der Waals surface area contributed by atoms with Crippen LogP contribution in [0.25, 0.3) is 0 Å². The topological polar surface area (TPSA) is 58.2 Å². The van der Waals surface area contributed by atoms with Crippen LogP contribution in [0.2, 0.25) is 0 Å². The lowest BCUT2D eigenvalue weighted by Crippen LogP contribution is -2.36. The van der Waals surface area contributed by atoms with Crippen LogP contribution in [0, 0.1) is 0 Å².